The van der Waals surface area contributed by atoms with Crippen molar-refractivity contribution in [3.8, 4) is 0 Å². The van der Waals surface area contributed by atoms with Crippen LogP contribution in [-0.2, 0) is 90.7 Å². The Bertz CT molecular complexity index is 3700. The molecule has 0 aromatic heterocycles. The molecule has 2 unspecified atom stereocenters. The van der Waals surface area contributed by atoms with E-state index in [0.29, 0.717) is 0 Å². The van der Waals surface area contributed by atoms with Gasteiger partial charge in [-0.1, -0.05) is 200 Å². The molecule has 0 aromatic carbocycles. The molecule has 0 spiro atoms. The van der Waals surface area contributed by atoms with Crippen molar-refractivity contribution in [2.75, 3.05) is 124 Å². The molecule has 3 radical (unpaired) electrons. The molecule has 4 aliphatic rings. The molecule has 41 heteroatoms. The van der Waals surface area contributed by atoms with Crippen LogP contribution in [0.5, 0.6) is 0 Å². The van der Waals surface area contributed by atoms with Gasteiger partial charge in [0.2, 0.25) is 35.4 Å². The smallest absolute Gasteiger partial charge is 1.00 e. The van der Waals surface area contributed by atoms with Gasteiger partial charge in [0.25, 0.3) is 0 Å². The van der Waals surface area contributed by atoms with Crippen molar-refractivity contribution in [3.63, 3.8) is 0 Å². The van der Waals surface area contributed by atoms with E-state index < -0.39 is 123 Å². The molecule has 141 heavy (non-hydrogen) atoms. The standard InChI is InChI=1S/C20H37N3O4.C19H37N3O3.C18H34N2O5.C13H25ClN2O3.C11H21NO4.C7H14ClNO2.C7H13NO2.C4H8O.CH4.B.Na.H/c1-13(2)15(19(26)27-8)23(7)18(25)16(20(3,4)5)21-17(24)14-11-9-10-12-22(14)6;1-13(2)15(12-23)22(7)18(25)16(19(3,4)5)20-17(24)14-10-8-9-11-21(14)6;1-11(2)12(15(22)24-10)20(9)14(21)13(17(3,4)5)19-16(23)25-18(6,7)8;1-8(2)9(12(18)19-7)16(6)11(17)10(15-14)13(3,4)5;1-10(2,3)7(8(13)14)12-9(15)16-11(4,5)6;1-5(2)6(9(3)8)7(10)11-4;1-8-5-3-2-4-6(8)7(9)10;1-2-4-5-3-1;;;;/h13-16H,9-12H2,1-8H3,(H,21,24);13-16,23H,8-12H2,1-7H3,(H,20,24);11-13H,1-10H3,(H,19,23);8-10,15H,1-7H3;7H,1-6H3,(H,12,15)(H,13,14);5-6H,1-4H3;6H,2-5H2,1H3,(H,9,10);1-4H2;1H4;;;/q;;;;;;;;;;+1;-1/t14?,15-,16+;14?,15-,16-;12-,13+;9-,10+;7-;2*6-;;;;;/m0100101...../s1. The zero-order valence-corrected chi connectivity index (χ0v) is 97.8. The second-order valence-corrected chi connectivity index (χ2v) is 45.8. The van der Waals surface area contributed by atoms with Crippen LogP contribution in [-0.4, -0.2) is 360 Å². The number of nitrogens with zero attached hydrogens (tertiary/aromatic N) is 8. The van der Waals surface area contributed by atoms with Crippen molar-refractivity contribution < 1.29 is 147 Å². The summed E-state index contributed by atoms with van der Waals surface area (Å²) in [4.78, 5) is 184. The van der Waals surface area contributed by atoms with Gasteiger partial charge in [-0.25, -0.2) is 38.0 Å². The Kier molecular flexibility index (Phi) is 72.1. The zero-order valence-electron chi connectivity index (χ0n) is 95.2. The summed E-state index contributed by atoms with van der Waals surface area (Å²) < 4.78 is 35.6. The maximum Gasteiger partial charge on any atom is 1.00 e. The SMILES string of the molecule is C.C1CCOC1.CC(C)(C)OC(=O)N[C@H](C(=O)O)C(C)(C)C.CC(C)[C@@H](CO)N(C)C(=O)[C@@H](NC(=O)C1CCCCN1C)C(C)(C)C.CN1CCCC[C@@H]1C(=O)O.COC(=O)[C@H](C(C)C)N(C)C(=O)[C@@H](NC(=O)C1CCCCN1C)C(C)(C)C.COC(=O)[C@H](C(C)C)N(C)C(=O)[C@@H](NC(=O)OC(C)(C)C)C(C)(C)C.COC(=O)[C@H](C(C)C)N(C)C(=O)[C@@H](NCl)C(C)(C)C.COC(=O)[C@H](C(C)C)N(C)Cl.[B].[H-].[Na+]. The number of hydrogen-bond donors (Lipinski definition) is 8. The fourth-order valence-corrected chi connectivity index (χ4v) is 16.1. The van der Waals surface area contributed by atoms with Crippen molar-refractivity contribution in [2.45, 2.75) is 382 Å². The molecular formula is C100H194BCl2N13NaO24. The second-order valence-electron chi connectivity index (χ2n) is 45.0. The van der Waals surface area contributed by atoms with E-state index in [4.69, 9.17) is 62.2 Å². The number of amides is 8. The fraction of sp³-hybridized carbons (Fsp3) is 0.860. The van der Waals surface area contributed by atoms with Gasteiger partial charge in [0.05, 0.1) is 53.2 Å². The normalized spacial score (nSPS) is 17.9. The number of ether oxygens (including phenoxy) is 7. The van der Waals surface area contributed by atoms with Gasteiger partial charge in [0.1, 0.15) is 71.6 Å². The number of hydrogen-bond acceptors (Lipinski definition) is 27. The Morgan fingerprint density at radius 3 is 0.823 bits per heavy atom. The van der Waals surface area contributed by atoms with Crippen LogP contribution < -0.4 is 55.7 Å². The number of carboxylic acid groups (broad SMARTS) is 2. The first-order valence-corrected chi connectivity index (χ1v) is 48.9. The molecule has 0 bridgehead atoms. The molecule has 0 aromatic rings. The summed E-state index contributed by atoms with van der Waals surface area (Å²) in [6.07, 6.45) is 10.0. The van der Waals surface area contributed by atoms with Crippen molar-refractivity contribution in [3.05, 3.63) is 0 Å². The summed E-state index contributed by atoms with van der Waals surface area (Å²) in [6, 6.07) is -7.02. The number of likely N-dealkylation sites (tertiary alicyclic amines) is 3. The topological polar surface area (TPSA) is 450 Å². The maximum absolute atomic E-state index is 13.2. The number of methoxy groups -OCH3 is 4. The van der Waals surface area contributed by atoms with Crippen LogP contribution in [0.4, 0.5) is 9.59 Å². The number of carboxylic acids is 2. The number of aliphatic hydroxyl groups is 1. The fourth-order valence-electron chi connectivity index (χ4n) is 15.3. The molecule has 4 heterocycles. The number of likely N-dealkylation sites (N-methyl/N-ethyl adjacent to an activating group) is 8. The minimum Gasteiger partial charge on any atom is -1.00 e. The third-order valence-electron chi connectivity index (χ3n) is 23.4. The predicted molar refractivity (Wildman–Crippen MR) is 553 cm³/mol. The molecular weight excluding hydrogens is 1870 g/mol. The number of piperidine rings is 3. The predicted octanol–water partition coefficient (Wildman–Crippen LogP) is 9.52. The van der Waals surface area contributed by atoms with Crippen molar-refractivity contribution in [1.82, 2.24) is 64.8 Å². The second kappa shape index (κ2) is 68.9. The van der Waals surface area contributed by atoms with Crippen LogP contribution in [0.1, 0.15) is 294 Å². The molecule has 0 saturated carbocycles. The maximum atomic E-state index is 13.2. The number of aliphatic hydroxyl groups excluding tert-OH is 1. The van der Waals surface area contributed by atoms with Gasteiger partial charge in [-0.3, -0.25) is 53.1 Å². The zero-order chi connectivity index (χ0) is 109. The molecule has 8 N–H and O–H groups in total. The largest absolute Gasteiger partial charge is 1.00 e. The first-order valence-electron chi connectivity index (χ1n) is 48.2. The molecule has 0 aliphatic carbocycles. The number of alkyl carbamates (subject to hydrolysis) is 2. The Morgan fingerprint density at radius 1 is 0.390 bits per heavy atom. The van der Waals surface area contributed by atoms with Gasteiger partial charge >= 0.3 is 77.6 Å². The van der Waals surface area contributed by atoms with E-state index in [0.717, 1.165) is 90.6 Å². The molecule has 4 rings (SSSR count). The van der Waals surface area contributed by atoms with Crippen LogP contribution in [0.2, 0.25) is 0 Å². The molecule has 37 nitrogen and oxygen atoms in total. The molecule has 8 amide bonds. The van der Waals surface area contributed by atoms with E-state index in [2.05, 4.69) is 35.7 Å². The van der Waals surface area contributed by atoms with Crippen LogP contribution in [0.3, 0.4) is 0 Å². The van der Waals surface area contributed by atoms with Crippen molar-refractivity contribution in [1.29, 1.82) is 0 Å². The average molecular weight is 2070 g/mol. The van der Waals surface area contributed by atoms with Gasteiger partial charge in [0, 0.05) is 56.9 Å². The van der Waals surface area contributed by atoms with Crippen LogP contribution >= 0.6 is 23.6 Å². The van der Waals surface area contributed by atoms with E-state index in [9.17, 15) is 72.2 Å². The Hall–Kier alpha value is -6.46. The molecule has 13 atom stereocenters. The van der Waals surface area contributed by atoms with E-state index in [1.807, 2.05) is 183 Å². The van der Waals surface area contributed by atoms with Crippen LogP contribution in [0.15, 0.2) is 0 Å². The molecule has 4 aliphatic heterocycles. The number of halogens is 2. The number of nitrogens with one attached hydrogen (secondary N) is 5. The van der Waals surface area contributed by atoms with Gasteiger partial charge < -0.3 is 90.8 Å². The summed E-state index contributed by atoms with van der Waals surface area (Å²) >= 11 is 11.3. The summed E-state index contributed by atoms with van der Waals surface area (Å²) in [5.74, 6) is -4.63. The van der Waals surface area contributed by atoms with Gasteiger partial charge in [-0.2, -0.15) is 0 Å². The van der Waals surface area contributed by atoms with Crippen molar-refractivity contribution in [2.24, 2.45) is 56.7 Å². The third-order valence-corrected chi connectivity index (χ3v) is 23.8. The third kappa shape index (κ3) is 55.8. The van der Waals surface area contributed by atoms with Gasteiger partial charge in [0.15, 0.2) is 0 Å². The Morgan fingerprint density at radius 2 is 0.638 bits per heavy atom. The minimum atomic E-state index is -1.07. The van der Waals surface area contributed by atoms with E-state index >= 15 is 0 Å². The monoisotopic (exact) mass is 2070 g/mol. The van der Waals surface area contributed by atoms with Crippen LogP contribution in [0, 0.1) is 56.7 Å². The first-order chi connectivity index (χ1) is 62.7. The number of carbonyl (C=O) groups excluding carboxylic acids is 12. The summed E-state index contributed by atoms with van der Waals surface area (Å²) in [5, 5.41) is 38.2. The summed E-state index contributed by atoms with van der Waals surface area (Å²) in [5.41, 5.74) is -3.70. The summed E-state index contributed by atoms with van der Waals surface area (Å²) in [7, 11) is 19.1. The quantitative estimate of drug-likeness (QED) is 0.0156. The van der Waals surface area contributed by atoms with Crippen LogP contribution in [0.25, 0.3) is 0 Å². The van der Waals surface area contributed by atoms with Gasteiger partial charge in [-0.15, -0.1) is 0 Å². The molecule has 821 valence electrons. The van der Waals surface area contributed by atoms with E-state index in [1.54, 1.807) is 102 Å². The average Bonchev–Trinajstić information content (AvgIpc) is 0.850. The minimum absolute atomic E-state index is 0. The number of rotatable bonds is 28. The first kappa shape index (κ1) is 148. The van der Waals surface area contributed by atoms with E-state index in [1.165, 1.54) is 60.4 Å². The number of esters is 4. The number of aliphatic carboxylic acids is 2. The Labute approximate surface area is 884 Å². The molecule has 4 fully saturated rings. The Balaban J connectivity index is -0.000000247. The molecule has 4 saturated heterocycles. The number of carbonyl (C=O) groups is 14. The summed E-state index contributed by atoms with van der Waals surface area (Å²) in [6.45, 7) is 62.0. The van der Waals surface area contributed by atoms with Crippen molar-refractivity contribution >= 4 is 115 Å². The van der Waals surface area contributed by atoms with Gasteiger partial charge in [-0.05, 0) is 214 Å². The van der Waals surface area contributed by atoms with E-state index in [-0.39, 0.29) is 160 Å².